The first-order chi connectivity index (χ1) is 19.0. The lowest BCUT2D eigenvalue weighted by Crippen LogP contribution is -2.60. The van der Waals surface area contributed by atoms with E-state index in [2.05, 4.69) is 48.5 Å². The van der Waals surface area contributed by atoms with Gasteiger partial charge in [0.15, 0.2) is 0 Å². The van der Waals surface area contributed by atoms with Crippen LogP contribution in [-0.4, -0.2) is 35.9 Å². The van der Waals surface area contributed by atoms with E-state index in [1.165, 1.54) is 44.9 Å². The van der Waals surface area contributed by atoms with Crippen molar-refractivity contribution in [3.63, 3.8) is 0 Å². The van der Waals surface area contributed by atoms with E-state index in [4.69, 9.17) is 18.9 Å². The fourth-order valence-corrected chi connectivity index (χ4v) is 11.5. The van der Waals surface area contributed by atoms with Gasteiger partial charge in [-0.25, -0.2) is 0 Å². The van der Waals surface area contributed by atoms with Gasteiger partial charge < -0.3 is 18.9 Å². The van der Waals surface area contributed by atoms with Crippen LogP contribution in [0.1, 0.15) is 138 Å². The Morgan fingerprint density at radius 2 is 1.70 bits per heavy atom. The summed E-state index contributed by atoms with van der Waals surface area (Å²) in [6.45, 7) is 16.5. The molecule has 5 heteroatoms. The standard InChI is InChI=1S/C35H58O5/c1-8-10-30(36)37-24-15-18-32(5)23(20-24)12-13-25-26(32)16-19-33(6)27(25)21-28-31(33)34(7)29(14-11-22(3)4)39-35(38-28,40-34)17-9-2/h22-29,31H,8-21H2,1-7H3/t23?,24-,25+,26-,27-,28-,29+,31-,32-,33-,34-,35-/m0/s1. The van der Waals surface area contributed by atoms with Crippen LogP contribution in [0.4, 0.5) is 0 Å². The van der Waals surface area contributed by atoms with Crippen molar-refractivity contribution in [2.45, 2.75) is 168 Å². The van der Waals surface area contributed by atoms with Gasteiger partial charge >= 0.3 is 5.97 Å². The summed E-state index contributed by atoms with van der Waals surface area (Å²) in [4.78, 5) is 12.3. The quantitative estimate of drug-likeness (QED) is 0.280. The molecule has 0 radical (unpaired) electrons. The Labute approximate surface area is 244 Å². The highest BCUT2D eigenvalue weighted by Gasteiger charge is 2.74. The van der Waals surface area contributed by atoms with E-state index in [0.29, 0.717) is 35.5 Å². The summed E-state index contributed by atoms with van der Waals surface area (Å²) < 4.78 is 26.7. The molecule has 6 aliphatic rings. The van der Waals surface area contributed by atoms with Crippen LogP contribution in [0.5, 0.6) is 0 Å². The van der Waals surface area contributed by atoms with Crippen molar-refractivity contribution < 1.29 is 23.7 Å². The van der Waals surface area contributed by atoms with Crippen molar-refractivity contribution >= 4 is 5.97 Å². The third-order valence-electron chi connectivity index (χ3n) is 13.2. The maximum Gasteiger partial charge on any atom is 0.306 e. The van der Waals surface area contributed by atoms with Crippen molar-refractivity contribution in [3.8, 4) is 0 Å². The summed E-state index contributed by atoms with van der Waals surface area (Å²) in [6.07, 6.45) is 15.7. The molecule has 4 saturated carbocycles. The van der Waals surface area contributed by atoms with E-state index in [1.807, 2.05) is 0 Å². The summed E-state index contributed by atoms with van der Waals surface area (Å²) in [6, 6.07) is 0. The first kappa shape index (κ1) is 29.4. The summed E-state index contributed by atoms with van der Waals surface area (Å²) in [5, 5.41) is 0. The molecule has 4 aliphatic carbocycles. The van der Waals surface area contributed by atoms with Crippen LogP contribution in [0.25, 0.3) is 0 Å². The Balaban J connectivity index is 1.23. The Bertz CT molecular complexity index is 950. The number of ether oxygens (including phenoxy) is 4. The Morgan fingerprint density at radius 1 is 0.925 bits per heavy atom. The number of hydrogen-bond donors (Lipinski definition) is 0. The van der Waals surface area contributed by atoms with Crippen LogP contribution in [-0.2, 0) is 23.7 Å². The highest BCUT2D eigenvalue weighted by Crippen LogP contribution is 2.72. The number of esters is 1. The third-order valence-corrected chi connectivity index (χ3v) is 13.2. The maximum absolute atomic E-state index is 12.3. The average molecular weight is 559 g/mol. The molecule has 1 unspecified atom stereocenters. The lowest BCUT2D eigenvalue weighted by atomic mass is 9.44. The number of carbonyl (C=O) groups is 1. The van der Waals surface area contributed by atoms with E-state index >= 15 is 0 Å². The molecule has 228 valence electrons. The molecule has 2 heterocycles. The van der Waals surface area contributed by atoms with E-state index < -0.39 is 5.97 Å². The van der Waals surface area contributed by atoms with Crippen LogP contribution in [0.2, 0.25) is 0 Å². The molecule has 2 aliphatic heterocycles. The van der Waals surface area contributed by atoms with E-state index in [0.717, 1.165) is 50.4 Å². The van der Waals surface area contributed by atoms with Gasteiger partial charge in [0.25, 0.3) is 5.97 Å². The minimum atomic E-state index is -0.840. The molecular weight excluding hydrogens is 500 g/mol. The van der Waals surface area contributed by atoms with Crippen LogP contribution < -0.4 is 0 Å². The molecule has 0 N–H and O–H groups in total. The van der Waals surface area contributed by atoms with Gasteiger partial charge in [-0.3, -0.25) is 4.79 Å². The Morgan fingerprint density at radius 3 is 2.42 bits per heavy atom. The fourth-order valence-electron chi connectivity index (χ4n) is 11.5. The van der Waals surface area contributed by atoms with E-state index in [9.17, 15) is 4.79 Å². The lowest BCUT2D eigenvalue weighted by Gasteiger charge is -2.61. The van der Waals surface area contributed by atoms with Crippen molar-refractivity contribution in [1.82, 2.24) is 0 Å². The smallest absolute Gasteiger partial charge is 0.306 e. The van der Waals surface area contributed by atoms with Crippen molar-refractivity contribution in [1.29, 1.82) is 0 Å². The predicted molar refractivity (Wildman–Crippen MR) is 156 cm³/mol. The first-order valence-electron chi connectivity index (χ1n) is 17.2. The van der Waals surface area contributed by atoms with E-state index in [1.54, 1.807) is 0 Å². The first-order valence-corrected chi connectivity index (χ1v) is 17.2. The van der Waals surface area contributed by atoms with Gasteiger partial charge in [0, 0.05) is 18.8 Å². The topological polar surface area (TPSA) is 54.0 Å². The van der Waals surface area contributed by atoms with Crippen LogP contribution >= 0.6 is 0 Å². The number of rotatable bonds is 8. The maximum atomic E-state index is 12.3. The second kappa shape index (κ2) is 10.5. The minimum absolute atomic E-state index is 0.00770. The minimum Gasteiger partial charge on any atom is -0.462 e. The summed E-state index contributed by atoms with van der Waals surface area (Å²) in [7, 11) is 0. The molecule has 2 bridgehead atoms. The molecular formula is C35H58O5. The predicted octanol–water partition coefficient (Wildman–Crippen LogP) is 8.43. The molecule has 2 saturated heterocycles. The highest BCUT2D eigenvalue weighted by molar-refractivity contribution is 5.69. The molecule has 0 amide bonds. The zero-order chi connectivity index (χ0) is 28.5. The molecule has 40 heavy (non-hydrogen) atoms. The summed E-state index contributed by atoms with van der Waals surface area (Å²) >= 11 is 0. The second-order valence-electron chi connectivity index (χ2n) is 16.0. The Hall–Kier alpha value is -0.650. The normalized spacial score (nSPS) is 51.1. The van der Waals surface area contributed by atoms with Gasteiger partial charge in [-0.15, -0.1) is 0 Å². The zero-order valence-corrected chi connectivity index (χ0v) is 26.6. The monoisotopic (exact) mass is 558 g/mol. The summed E-state index contributed by atoms with van der Waals surface area (Å²) in [5.41, 5.74) is 0.335. The highest BCUT2D eigenvalue weighted by atomic mass is 16.9. The molecule has 12 atom stereocenters. The van der Waals surface area contributed by atoms with Gasteiger partial charge in [-0.2, -0.15) is 0 Å². The lowest BCUT2D eigenvalue weighted by molar-refractivity contribution is -0.403. The Kier molecular flexibility index (Phi) is 7.73. The second-order valence-corrected chi connectivity index (χ2v) is 16.0. The van der Waals surface area contributed by atoms with Gasteiger partial charge in [-0.05, 0) is 124 Å². The van der Waals surface area contributed by atoms with Crippen molar-refractivity contribution in [2.24, 2.45) is 46.3 Å². The van der Waals surface area contributed by atoms with Gasteiger partial charge in [0.1, 0.15) is 11.7 Å². The van der Waals surface area contributed by atoms with Crippen LogP contribution in [0, 0.1) is 46.3 Å². The number of carbonyl (C=O) groups excluding carboxylic acids is 1. The SMILES string of the molecule is CCCC(=O)O[C@H]1CC[C@@]2(C)C(CC[C@H]3[C@@H]4C[C@@H]5O[C@@]6(CCC)O[C@H](CCC(C)C)[C@](C)(O6)[C@@H]5[C@@]4(C)CC[C@@H]32)C1. The molecule has 0 aromatic carbocycles. The molecule has 5 nitrogen and oxygen atoms in total. The largest absolute Gasteiger partial charge is 0.462 e. The molecule has 6 rings (SSSR count). The molecule has 0 aromatic heterocycles. The van der Waals surface area contributed by atoms with Crippen LogP contribution in [0.15, 0.2) is 0 Å². The summed E-state index contributed by atoms with van der Waals surface area (Å²) in [5.74, 6) is 3.16. The number of hydrogen-bond acceptors (Lipinski definition) is 5. The van der Waals surface area contributed by atoms with E-state index in [-0.39, 0.29) is 35.3 Å². The zero-order valence-electron chi connectivity index (χ0n) is 26.6. The average Bonchev–Trinajstić information content (AvgIpc) is 3.31. The molecule has 6 fully saturated rings. The number of fused-ring (bicyclic) bond motifs is 10. The third kappa shape index (κ3) is 4.53. The van der Waals surface area contributed by atoms with Gasteiger partial charge in [0.05, 0.1) is 12.2 Å². The van der Waals surface area contributed by atoms with Gasteiger partial charge in [-0.1, -0.05) is 41.5 Å². The van der Waals surface area contributed by atoms with Crippen LogP contribution in [0.3, 0.4) is 0 Å². The van der Waals surface area contributed by atoms with Crippen molar-refractivity contribution in [2.75, 3.05) is 0 Å². The van der Waals surface area contributed by atoms with Crippen molar-refractivity contribution in [3.05, 3.63) is 0 Å². The molecule has 0 aromatic rings. The fraction of sp³-hybridized carbons (Fsp3) is 0.971. The molecule has 0 spiro atoms. The van der Waals surface area contributed by atoms with Gasteiger partial charge in [0.2, 0.25) is 0 Å².